The number of rotatable bonds is 0. The fraction of sp³-hybridized carbons (Fsp3) is 0. The summed E-state index contributed by atoms with van der Waals surface area (Å²) in [5.41, 5.74) is 0.826. The third kappa shape index (κ3) is 9.11. The average Bonchev–Trinajstić information content (AvgIpc) is 2.88. The minimum atomic E-state index is 0.361. The molecule has 33 heavy (non-hydrogen) atoms. The van der Waals surface area contributed by atoms with E-state index in [-0.39, 0.29) is 0 Å². The Morgan fingerprint density at radius 3 is 1.15 bits per heavy atom. The van der Waals surface area contributed by atoms with Gasteiger partial charge in [-0.3, -0.25) is 12.7 Å². The van der Waals surface area contributed by atoms with Gasteiger partial charge in [-0.05, 0) is 36.4 Å². The number of pyridine rings is 3. The Bertz CT molecular complexity index is 1030. The van der Waals surface area contributed by atoms with Crippen molar-refractivity contribution in [3.8, 4) is 5.92 Å². The summed E-state index contributed by atoms with van der Waals surface area (Å²) in [6, 6.07) is 27.5. The van der Waals surface area contributed by atoms with Gasteiger partial charge >= 0.3 is 22.4 Å². The van der Waals surface area contributed by atoms with E-state index in [1.54, 1.807) is 35.3 Å². The summed E-state index contributed by atoms with van der Waals surface area (Å²) in [5.74, 6) is 2.28. The van der Waals surface area contributed by atoms with Gasteiger partial charge in [-0.25, -0.2) is 15.0 Å². The molecule has 1 aromatic carbocycles. The normalized spacial score (nSPS) is 10.6. The molecule has 0 radical (unpaired) electrons. The molecule has 0 N–H and O–H groups in total. The van der Waals surface area contributed by atoms with Crippen molar-refractivity contribution in [2.24, 2.45) is 0 Å². The second-order valence-corrected chi connectivity index (χ2v) is 8.86. The van der Waals surface area contributed by atoms with Gasteiger partial charge in [0.05, 0.1) is 0 Å². The number of hydrogen-bond acceptors (Lipinski definition) is 7. The Morgan fingerprint density at radius 1 is 0.606 bits per heavy atom. The molecule has 6 bridgehead atoms. The quantitative estimate of drug-likeness (QED) is 0.108. The number of halogens is 1. The van der Waals surface area contributed by atoms with Crippen LogP contribution in [0.25, 0.3) is 0 Å². The molecule has 0 spiro atoms. The molecular weight excluding hydrogens is 652 g/mol. The summed E-state index contributed by atoms with van der Waals surface area (Å²) < 4.78 is 9.53. The molecule has 1 aliphatic heterocycles. The van der Waals surface area contributed by atoms with Crippen LogP contribution < -0.4 is 0 Å². The molecule has 0 unspecified atom stereocenters. The summed E-state index contributed by atoms with van der Waals surface area (Å²) >= 11 is 5.11. The van der Waals surface area contributed by atoms with Gasteiger partial charge in [-0.1, -0.05) is 71.7 Å². The minimum absolute atomic E-state index is 0.361. The first-order valence-electron chi connectivity index (χ1n) is 9.08. The molecule has 9 heteroatoms. The smallest absolute Gasteiger partial charge is 0.104 e. The van der Waals surface area contributed by atoms with Crippen LogP contribution in [0, 0.1) is 12.3 Å². The maximum absolute atomic E-state index is 9.53. The maximum atomic E-state index is 9.53. The Morgan fingerprint density at radius 2 is 0.909 bits per heavy atom. The molecule has 5 rings (SSSR count). The standard InChI is InChI=1S/C15H9N3S3.C8H5.CHO.FH.Os/c1-4-10-16-11(5-1)20-13-7-3-9-15(18-13)21-14-8-2-6-12(17-14)19-10;1-2-8-6-4-3-5-7-8;1-2;;/h1-9H;3-7H;1H;1H;/q;2*-1;;+1/p-1. The van der Waals surface area contributed by atoms with Gasteiger partial charge in [0.1, 0.15) is 30.2 Å². The molecule has 0 saturated carbocycles. The second kappa shape index (κ2) is 15.4. The summed E-state index contributed by atoms with van der Waals surface area (Å²) in [6.45, 7) is 3.25. The van der Waals surface area contributed by atoms with Crippen LogP contribution >= 0.6 is 35.3 Å². The number of hydrogen-bond donors (Lipinski definition) is 0. The number of benzene rings is 1. The van der Waals surface area contributed by atoms with Crippen LogP contribution in [0.15, 0.2) is 115 Å². The molecule has 0 fully saturated rings. The number of aromatic nitrogens is 3. The average molecular weight is 667 g/mol. The third-order valence-corrected chi connectivity index (χ3v) is 6.26. The van der Waals surface area contributed by atoms with E-state index in [2.05, 4.69) is 27.7 Å². The third-order valence-electron chi connectivity index (χ3n) is 3.64. The van der Waals surface area contributed by atoms with Gasteiger partial charge in [-0.2, -0.15) is 0 Å². The van der Waals surface area contributed by atoms with Gasteiger partial charge < -0.3 is 11.2 Å². The van der Waals surface area contributed by atoms with E-state index in [1.807, 2.05) is 84.9 Å². The Kier molecular flexibility index (Phi) is 12.5. The molecular formula is C24H15FN3OOsS3-2. The first kappa shape index (κ1) is 26.8. The minimum Gasteiger partial charge on any atom is -0.234 e. The Balaban J connectivity index is 0.000000270. The van der Waals surface area contributed by atoms with Gasteiger partial charge in [0, 0.05) is 0 Å². The fourth-order valence-corrected chi connectivity index (χ4v) is 4.93. The maximum Gasteiger partial charge on any atom is 0.104 e. The van der Waals surface area contributed by atoms with Gasteiger partial charge in [0.2, 0.25) is 0 Å². The summed E-state index contributed by atoms with van der Waals surface area (Å²) in [7, 11) is 0. The van der Waals surface area contributed by atoms with E-state index in [0.29, 0.717) is 19.1 Å². The molecule has 1 aliphatic rings. The molecule has 167 valence electrons. The molecule has 0 saturated heterocycles. The van der Waals surface area contributed by atoms with Crippen LogP contribution in [0.3, 0.4) is 0 Å². The molecule has 4 aromatic rings. The van der Waals surface area contributed by atoms with E-state index >= 15 is 0 Å². The van der Waals surface area contributed by atoms with Gasteiger partial charge in [0.15, 0.2) is 0 Å². The molecule has 0 aliphatic carbocycles. The number of nitrogens with zero attached hydrogens (tertiary/aromatic N) is 3. The Labute approximate surface area is 216 Å². The fourth-order valence-electron chi connectivity index (χ4n) is 2.37. The first-order chi connectivity index (χ1) is 16.3. The van der Waals surface area contributed by atoms with E-state index in [4.69, 9.17) is 11.2 Å². The largest absolute Gasteiger partial charge is 0.234 e. The van der Waals surface area contributed by atoms with Gasteiger partial charge in [-0.15, -0.1) is 17.7 Å². The van der Waals surface area contributed by atoms with Crippen LogP contribution in [0.2, 0.25) is 0 Å². The number of fused-ring (bicyclic) bond motifs is 6. The molecule has 0 atom stereocenters. The van der Waals surface area contributed by atoms with Crippen molar-refractivity contribution in [1.82, 2.24) is 15.0 Å². The monoisotopic (exact) mass is 668 g/mol. The zero-order valence-electron chi connectivity index (χ0n) is 16.9. The van der Waals surface area contributed by atoms with E-state index in [9.17, 15) is 3.29 Å². The van der Waals surface area contributed by atoms with Crippen molar-refractivity contribution in [3.05, 3.63) is 96.9 Å². The van der Waals surface area contributed by atoms with Crippen LogP contribution in [0.5, 0.6) is 0 Å². The second-order valence-electron chi connectivity index (χ2n) is 5.74. The molecule has 0 amide bonds. The molecule has 4 nitrogen and oxygen atoms in total. The zero-order chi connectivity index (χ0) is 23.9. The van der Waals surface area contributed by atoms with Crippen molar-refractivity contribution >= 4 is 42.1 Å². The summed E-state index contributed by atoms with van der Waals surface area (Å²) in [4.78, 5) is 21.7. The van der Waals surface area contributed by atoms with Gasteiger partial charge in [0.25, 0.3) is 0 Å². The van der Waals surface area contributed by atoms with Crippen LogP contribution in [-0.2, 0) is 23.9 Å². The Hall–Kier alpha value is -2.48. The topological polar surface area (TPSA) is 55.7 Å². The predicted octanol–water partition coefficient (Wildman–Crippen LogP) is 6.41. The van der Waals surface area contributed by atoms with E-state index in [0.717, 1.165) is 35.7 Å². The molecule has 4 heterocycles. The van der Waals surface area contributed by atoms with Crippen molar-refractivity contribution in [2.75, 3.05) is 0 Å². The van der Waals surface area contributed by atoms with Crippen molar-refractivity contribution in [1.29, 1.82) is 0 Å². The van der Waals surface area contributed by atoms with E-state index < -0.39 is 0 Å². The van der Waals surface area contributed by atoms with Crippen LogP contribution in [0.1, 0.15) is 5.56 Å². The van der Waals surface area contributed by atoms with Crippen molar-refractivity contribution in [3.63, 3.8) is 0 Å². The summed E-state index contributed by atoms with van der Waals surface area (Å²) in [6.07, 6.45) is 6.69. The van der Waals surface area contributed by atoms with Crippen LogP contribution in [0.4, 0.5) is 3.29 Å². The molecule has 3 aromatic heterocycles. The SMILES string of the molecule is [C-]#Cc1ccccc1.[CH-]=O.[F][Os].c1cc2nc(c1)Sc1cccc(n1)Sc1cccc(n1)S2. The predicted molar refractivity (Wildman–Crippen MR) is 126 cm³/mol. The zero-order valence-corrected chi connectivity index (χ0v) is 21.9. The summed E-state index contributed by atoms with van der Waals surface area (Å²) in [5, 5.41) is 5.70. The number of carbonyl (C=O) groups excluding carboxylic acids is 1. The van der Waals surface area contributed by atoms with Crippen molar-refractivity contribution < 1.29 is 27.2 Å². The first-order valence-corrected chi connectivity index (χ1v) is 12.5. The van der Waals surface area contributed by atoms with Crippen molar-refractivity contribution in [2.45, 2.75) is 30.2 Å². The van der Waals surface area contributed by atoms with Crippen LogP contribution in [-0.4, -0.2) is 21.7 Å². The van der Waals surface area contributed by atoms with E-state index in [1.165, 1.54) is 0 Å².